The first-order valence-corrected chi connectivity index (χ1v) is 11.3. The number of piperidine rings is 1. The van der Waals surface area contributed by atoms with E-state index in [9.17, 15) is 9.59 Å². The summed E-state index contributed by atoms with van der Waals surface area (Å²) in [7, 11) is 0. The predicted molar refractivity (Wildman–Crippen MR) is 122 cm³/mol. The Morgan fingerprint density at radius 1 is 1.19 bits per heavy atom. The van der Waals surface area contributed by atoms with Gasteiger partial charge < -0.3 is 13.8 Å². The highest BCUT2D eigenvalue weighted by atomic mass is 35.5. The zero-order chi connectivity index (χ0) is 22.4. The van der Waals surface area contributed by atoms with E-state index in [0.717, 1.165) is 49.8 Å². The van der Waals surface area contributed by atoms with Crippen molar-refractivity contribution in [1.29, 1.82) is 0 Å². The molecule has 8 nitrogen and oxygen atoms in total. The number of likely N-dealkylation sites (tertiary alicyclic amines) is 1. The van der Waals surface area contributed by atoms with Gasteiger partial charge in [-0.3, -0.25) is 4.68 Å². The smallest absolute Gasteiger partial charge is 0.397 e. The minimum absolute atomic E-state index is 0.194. The van der Waals surface area contributed by atoms with E-state index in [0.29, 0.717) is 22.3 Å². The molecular formula is C23H25ClN4O4. The van der Waals surface area contributed by atoms with Crippen molar-refractivity contribution < 1.29 is 8.94 Å². The van der Waals surface area contributed by atoms with E-state index in [4.69, 9.17) is 20.5 Å². The first kappa shape index (κ1) is 21.0. The molecular weight excluding hydrogens is 432 g/mol. The van der Waals surface area contributed by atoms with E-state index in [2.05, 4.69) is 30.0 Å². The van der Waals surface area contributed by atoms with Crippen molar-refractivity contribution in [2.24, 2.45) is 0 Å². The Bertz CT molecular complexity index is 1390. The molecule has 0 aliphatic carbocycles. The second-order valence-corrected chi connectivity index (χ2v) is 9.17. The third kappa shape index (κ3) is 3.78. The number of nitrogens with zero attached hydrogens (tertiary/aromatic N) is 4. The van der Waals surface area contributed by atoms with Gasteiger partial charge in [-0.25, -0.2) is 9.59 Å². The van der Waals surface area contributed by atoms with Crippen molar-refractivity contribution in [1.82, 2.24) is 19.3 Å². The lowest BCUT2D eigenvalue weighted by atomic mass is 9.89. The Morgan fingerprint density at radius 2 is 1.97 bits per heavy atom. The van der Waals surface area contributed by atoms with Crippen LogP contribution in [0.25, 0.3) is 16.6 Å². The SMILES string of the molecule is CC(C)n1cc(CCN2CCC(c3c4ccc(Cl)cc4n4oc(=O)c(=O)oc34)CC2)cn1. The van der Waals surface area contributed by atoms with Crippen LogP contribution >= 0.6 is 11.6 Å². The molecule has 0 bridgehead atoms. The molecule has 1 saturated heterocycles. The summed E-state index contributed by atoms with van der Waals surface area (Å²) in [6, 6.07) is 5.79. The first-order valence-electron chi connectivity index (χ1n) is 10.9. The van der Waals surface area contributed by atoms with Crippen LogP contribution in [-0.4, -0.2) is 38.9 Å². The van der Waals surface area contributed by atoms with E-state index in [1.807, 2.05) is 16.9 Å². The Kier molecular flexibility index (Phi) is 5.43. The van der Waals surface area contributed by atoms with Crippen LogP contribution in [-0.2, 0) is 6.42 Å². The van der Waals surface area contributed by atoms with E-state index in [1.54, 1.807) is 12.1 Å². The Hall–Kier alpha value is -2.84. The number of aromatic nitrogens is 3. The third-order valence-corrected chi connectivity index (χ3v) is 6.55. The summed E-state index contributed by atoms with van der Waals surface area (Å²) in [5.74, 6) is 0.194. The zero-order valence-electron chi connectivity index (χ0n) is 18.1. The van der Waals surface area contributed by atoms with Gasteiger partial charge in [0.1, 0.15) is 0 Å². The summed E-state index contributed by atoms with van der Waals surface area (Å²) in [4.78, 5) is 26.1. The van der Waals surface area contributed by atoms with Crippen molar-refractivity contribution in [2.45, 2.75) is 45.1 Å². The average molecular weight is 457 g/mol. The molecule has 0 unspecified atom stereocenters. The molecule has 9 heteroatoms. The highest BCUT2D eigenvalue weighted by molar-refractivity contribution is 6.31. The highest BCUT2D eigenvalue weighted by Gasteiger charge is 2.28. The van der Waals surface area contributed by atoms with Gasteiger partial charge in [0, 0.05) is 34.8 Å². The first-order chi connectivity index (χ1) is 15.4. The number of hydrogen-bond acceptors (Lipinski definition) is 6. The molecule has 0 radical (unpaired) electrons. The van der Waals surface area contributed by atoms with Gasteiger partial charge >= 0.3 is 11.3 Å². The van der Waals surface area contributed by atoms with Crippen LogP contribution in [0.4, 0.5) is 0 Å². The molecule has 0 amide bonds. The lowest BCUT2D eigenvalue weighted by molar-refractivity contribution is 0.214. The Balaban J connectivity index is 1.37. The van der Waals surface area contributed by atoms with Gasteiger partial charge in [0.2, 0.25) is 5.71 Å². The largest absolute Gasteiger partial charge is 0.442 e. The van der Waals surface area contributed by atoms with Gasteiger partial charge in [-0.15, -0.1) is 4.57 Å². The fraction of sp³-hybridized carbons (Fsp3) is 0.435. The van der Waals surface area contributed by atoms with Crippen LogP contribution < -0.4 is 11.3 Å². The predicted octanol–water partition coefficient (Wildman–Crippen LogP) is 3.85. The summed E-state index contributed by atoms with van der Waals surface area (Å²) in [5.41, 5.74) is 1.07. The van der Waals surface area contributed by atoms with Crippen molar-refractivity contribution in [2.75, 3.05) is 19.6 Å². The van der Waals surface area contributed by atoms with Gasteiger partial charge in [0.05, 0.1) is 11.7 Å². The Labute approximate surface area is 188 Å². The topological polar surface area (TPSA) is 85.9 Å². The summed E-state index contributed by atoms with van der Waals surface area (Å²) >= 11 is 6.17. The number of halogens is 1. The van der Waals surface area contributed by atoms with Crippen LogP contribution in [0, 0.1) is 0 Å². The fourth-order valence-corrected chi connectivity index (χ4v) is 4.75. The minimum Gasteiger partial charge on any atom is -0.397 e. The lowest BCUT2D eigenvalue weighted by Gasteiger charge is -2.31. The summed E-state index contributed by atoms with van der Waals surface area (Å²) in [6.45, 7) is 7.11. The number of fused-ring (bicyclic) bond motifs is 3. The van der Waals surface area contributed by atoms with Crippen LogP contribution in [0.15, 0.2) is 49.1 Å². The highest BCUT2D eigenvalue weighted by Crippen LogP contribution is 2.38. The lowest BCUT2D eigenvalue weighted by Crippen LogP contribution is -2.34. The maximum absolute atomic E-state index is 11.9. The molecule has 0 saturated carbocycles. The maximum atomic E-state index is 11.9. The summed E-state index contributed by atoms with van der Waals surface area (Å²) in [5, 5.41) is 5.84. The molecule has 1 aliphatic heterocycles. The van der Waals surface area contributed by atoms with Crippen LogP contribution in [0.3, 0.4) is 0 Å². The molecule has 0 spiro atoms. The number of hydrogen-bond donors (Lipinski definition) is 0. The molecule has 32 heavy (non-hydrogen) atoms. The molecule has 5 rings (SSSR count). The van der Waals surface area contributed by atoms with Crippen molar-refractivity contribution in [3.05, 3.63) is 67.6 Å². The zero-order valence-corrected chi connectivity index (χ0v) is 18.8. The van der Waals surface area contributed by atoms with Gasteiger partial charge in [-0.2, -0.15) is 5.10 Å². The van der Waals surface area contributed by atoms with Gasteiger partial charge in [-0.05, 0) is 69.8 Å². The summed E-state index contributed by atoms with van der Waals surface area (Å²) in [6.07, 6.45) is 6.88. The van der Waals surface area contributed by atoms with Crippen molar-refractivity contribution in [3.8, 4) is 0 Å². The second-order valence-electron chi connectivity index (χ2n) is 8.73. The molecule has 1 fully saturated rings. The molecule has 4 aromatic rings. The monoisotopic (exact) mass is 456 g/mol. The fourth-order valence-electron chi connectivity index (χ4n) is 4.59. The van der Waals surface area contributed by atoms with Crippen molar-refractivity contribution in [3.63, 3.8) is 0 Å². The minimum atomic E-state index is -1.03. The van der Waals surface area contributed by atoms with Gasteiger partial charge in [0.25, 0.3) is 0 Å². The normalized spacial score (nSPS) is 16.0. The van der Waals surface area contributed by atoms with Crippen LogP contribution in [0.1, 0.15) is 49.8 Å². The Morgan fingerprint density at radius 3 is 2.69 bits per heavy atom. The van der Waals surface area contributed by atoms with Crippen LogP contribution in [0.2, 0.25) is 5.02 Å². The average Bonchev–Trinajstić information content (AvgIpc) is 3.36. The van der Waals surface area contributed by atoms with E-state index >= 15 is 0 Å². The standard InChI is InChI=1S/C23H25ClN4O4/c1-14(2)27-13-15(12-25-27)5-8-26-9-6-16(7-10-26)20-18-4-3-17(24)11-19(18)28-21(20)31-22(29)23(30)32-28/h3-4,11-14,16H,5-10H2,1-2H3. The second kappa shape index (κ2) is 8.26. The molecule has 0 N–H and O–H groups in total. The number of rotatable bonds is 5. The maximum Gasteiger partial charge on any atom is 0.442 e. The third-order valence-electron chi connectivity index (χ3n) is 6.31. The van der Waals surface area contributed by atoms with Crippen LogP contribution in [0.5, 0.6) is 0 Å². The van der Waals surface area contributed by atoms with E-state index in [-0.39, 0.29) is 5.92 Å². The van der Waals surface area contributed by atoms with Gasteiger partial charge in [-0.1, -0.05) is 17.7 Å². The van der Waals surface area contributed by atoms with E-state index in [1.165, 1.54) is 10.1 Å². The van der Waals surface area contributed by atoms with Crippen molar-refractivity contribution >= 4 is 28.2 Å². The molecule has 3 aromatic heterocycles. The molecule has 1 aliphatic rings. The molecule has 1 aromatic carbocycles. The molecule has 168 valence electrons. The molecule has 4 heterocycles. The van der Waals surface area contributed by atoms with Gasteiger partial charge in [0.15, 0.2) is 0 Å². The number of benzene rings is 1. The van der Waals surface area contributed by atoms with E-state index < -0.39 is 11.3 Å². The molecule has 0 atom stereocenters. The summed E-state index contributed by atoms with van der Waals surface area (Å²) < 4.78 is 13.9. The quantitative estimate of drug-likeness (QED) is 0.424.